The molecule has 244 valence electrons. The summed E-state index contributed by atoms with van der Waals surface area (Å²) in [6.07, 6.45) is 4.71. The molecular weight excluding hydrogens is 626 g/mol. The number of alkyl halides is 2. The van der Waals surface area contributed by atoms with Crippen LogP contribution in [0.4, 0.5) is 35.1 Å². The van der Waals surface area contributed by atoms with Gasteiger partial charge in [0, 0.05) is 17.2 Å². The zero-order valence-electron chi connectivity index (χ0n) is 25.2. The standard InChI is InChI=1S/C37H29F8NO/c1-2-3-4-5-21-6-8-22(9-7-21)24-15-34(42)36(35(43)16-24)37(44,45)47-26-11-13-27(33(41)19-26)23-10-12-28(30(38)14-23)25-17-31(39)29(20-46)32(40)18-25/h2-3,10-19,21-22H,4-9H2,1H3. The average Bonchev–Trinajstić information content (AvgIpc) is 3.00. The largest absolute Gasteiger partial charge is 0.432 e. The number of nitrogens with zero attached hydrogens (tertiary/aromatic N) is 1. The van der Waals surface area contributed by atoms with Gasteiger partial charge in [-0.1, -0.05) is 24.3 Å². The van der Waals surface area contributed by atoms with Crippen LogP contribution in [-0.4, -0.2) is 0 Å². The van der Waals surface area contributed by atoms with Crippen LogP contribution in [0.5, 0.6) is 5.75 Å². The fraction of sp³-hybridized carbons (Fsp3) is 0.270. The molecule has 1 aliphatic rings. The summed E-state index contributed by atoms with van der Waals surface area (Å²) in [6, 6.07) is 10.5. The molecule has 0 atom stereocenters. The van der Waals surface area contributed by atoms with Crippen LogP contribution in [0.1, 0.15) is 68.1 Å². The normalized spacial score (nSPS) is 16.8. The van der Waals surface area contributed by atoms with Gasteiger partial charge in [0.15, 0.2) is 0 Å². The second kappa shape index (κ2) is 14.0. The maximum absolute atomic E-state index is 15.1. The molecule has 47 heavy (non-hydrogen) atoms. The second-order valence-electron chi connectivity index (χ2n) is 11.6. The van der Waals surface area contributed by atoms with Gasteiger partial charge in [0.1, 0.15) is 57.8 Å². The molecule has 5 rings (SSSR count). The number of rotatable bonds is 9. The predicted octanol–water partition coefficient (Wildman–Crippen LogP) is 11.5. The highest BCUT2D eigenvalue weighted by Gasteiger charge is 2.42. The molecular formula is C37H29F8NO. The molecule has 1 saturated carbocycles. The molecule has 0 amide bonds. The summed E-state index contributed by atoms with van der Waals surface area (Å²) in [7, 11) is 0. The lowest BCUT2D eigenvalue weighted by Crippen LogP contribution is -2.25. The number of ether oxygens (including phenoxy) is 1. The Hall–Kier alpha value is -4.65. The third kappa shape index (κ3) is 7.35. The van der Waals surface area contributed by atoms with E-state index in [2.05, 4.69) is 10.8 Å². The van der Waals surface area contributed by atoms with Crippen molar-refractivity contribution in [1.29, 1.82) is 5.26 Å². The topological polar surface area (TPSA) is 33.0 Å². The minimum atomic E-state index is -4.50. The van der Waals surface area contributed by atoms with Crippen molar-refractivity contribution in [3.8, 4) is 34.1 Å². The van der Waals surface area contributed by atoms with E-state index in [9.17, 15) is 13.2 Å². The number of hydrogen-bond donors (Lipinski definition) is 0. The van der Waals surface area contributed by atoms with Gasteiger partial charge >= 0.3 is 6.11 Å². The van der Waals surface area contributed by atoms with Crippen LogP contribution in [0.25, 0.3) is 22.3 Å². The summed E-state index contributed by atoms with van der Waals surface area (Å²) in [5, 5.41) is 8.83. The Bertz CT molecular complexity index is 1810. The van der Waals surface area contributed by atoms with Gasteiger partial charge in [-0.25, -0.2) is 26.3 Å². The maximum Gasteiger partial charge on any atom is 0.432 e. The molecule has 0 radical (unpaired) electrons. The number of halogens is 8. The first kappa shape index (κ1) is 33.7. The molecule has 4 aromatic carbocycles. The molecule has 0 bridgehead atoms. The fourth-order valence-corrected chi connectivity index (χ4v) is 6.13. The zero-order valence-corrected chi connectivity index (χ0v) is 25.2. The van der Waals surface area contributed by atoms with Gasteiger partial charge in [0.2, 0.25) is 0 Å². The molecule has 2 nitrogen and oxygen atoms in total. The van der Waals surface area contributed by atoms with Crippen LogP contribution in [0.15, 0.2) is 72.8 Å². The van der Waals surface area contributed by atoms with Crippen molar-refractivity contribution in [3.05, 3.63) is 124 Å². The third-order valence-corrected chi connectivity index (χ3v) is 8.58. The van der Waals surface area contributed by atoms with Gasteiger partial charge in [0.05, 0.1) is 0 Å². The van der Waals surface area contributed by atoms with Crippen LogP contribution in [0.3, 0.4) is 0 Å². The predicted molar refractivity (Wildman–Crippen MR) is 161 cm³/mol. The summed E-state index contributed by atoms with van der Waals surface area (Å²) in [6.45, 7) is 1.95. The van der Waals surface area contributed by atoms with E-state index < -0.39 is 57.9 Å². The number of allylic oxidation sites excluding steroid dienone is 2. The minimum absolute atomic E-state index is 0.0452. The Kier molecular flexibility index (Phi) is 10.0. The number of benzene rings is 4. The highest BCUT2D eigenvalue weighted by atomic mass is 19.3. The lowest BCUT2D eigenvalue weighted by Gasteiger charge is -2.29. The van der Waals surface area contributed by atoms with E-state index in [-0.39, 0.29) is 28.2 Å². The van der Waals surface area contributed by atoms with Crippen molar-refractivity contribution in [2.24, 2.45) is 5.92 Å². The first-order valence-electron chi connectivity index (χ1n) is 15.1. The molecule has 0 aliphatic heterocycles. The maximum atomic E-state index is 15.1. The minimum Gasteiger partial charge on any atom is -0.429 e. The summed E-state index contributed by atoms with van der Waals surface area (Å²) >= 11 is 0. The van der Waals surface area contributed by atoms with Crippen LogP contribution < -0.4 is 4.74 Å². The highest BCUT2D eigenvalue weighted by Crippen LogP contribution is 2.41. The average molecular weight is 656 g/mol. The summed E-state index contributed by atoms with van der Waals surface area (Å²) in [5.74, 6) is -7.82. The lowest BCUT2D eigenvalue weighted by atomic mass is 9.77. The van der Waals surface area contributed by atoms with E-state index in [0.29, 0.717) is 30.4 Å². The highest BCUT2D eigenvalue weighted by molar-refractivity contribution is 5.72. The van der Waals surface area contributed by atoms with Crippen LogP contribution in [-0.2, 0) is 6.11 Å². The van der Waals surface area contributed by atoms with Gasteiger partial charge < -0.3 is 4.74 Å². The Morgan fingerprint density at radius 2 is 1.32 bits per heavy atom. The molecule has 0 N–H and O–H groups in total. The van der Waals surface area contributed by atoms with E-state index in [4.69, 9.17) is 5.26 Å². The van der Waals surface area contributed by atoms with Crippen molar-refractivity contribution in [3.63, 3.8) is 0 Å². The number of hydrogen-bond acceptors (Lipinski definition) is 2. The fourth-order valence-electron chi connectivity index (χ4n) is 6.13. The van der Waals surface area contributed by atoms with Gasteiger partial charge in [-0.2, -0.15) is 14.0 Å². The van der Waals surface area contributed by atoms with E-state index in [1.165, 1.54) is 12.1 Å². The molecule has 0 spiro atoms. The summed E-state index contributed by atoms with van der Waals surface area (Å²) in [5.41, 5.74) is -2.85. The van der Waals surface area contributed by atoms with E-state index in [1.54, 1.807) is 0 Å². The molecule has 1 aliphatic carbocycles. The van der Waals surface area contributed by atoms with Crippen LogP contribution >= 0.6 is 0 Å². The van der Waals surface area contributed by atoms with E-state index >= 15 is 22.0 Å². The molecule has 1 fully saturated rings. The first-order chi connectivity index (χ1) is 22.4. The van der Waals surface area contributed by atoms with Gasteiger partial charge in [0.25, 0.3) is 0 Å². The van der Waals surface area contributed by atoms with Crippen LogP contribution in [0, 0.1) is 52.2 Å². The summed E-state index contributed by atoms with van der Waals surface area (Å²) in [4.78, 5) is 0. The van der Waals surface area contributed by atoms with Gasteiger partial charge in [-0.15, -0.1) is 0 Å². The zero-order chi connectivity index (χ0) is 33.9. The summed E-state index contributed by atoms with van der Waals surface area (Å²) < 4.78 is 123. The van der Waals surface area contributed by atoms with Crippen molar-refractivity contribution < 1.29 is 39.9 Å². The van der Waals surface area contributed by atoms with Gasteiger partial charge in [-0.3, -0.25) is 0 Å². The lowest BCUT2D eigenvalue weighted by molar-refractivity contribution is -0.189. The second-order valence-corrected chi connectivity index (χ2v) is 11.6. The van der Waals surface area contributed by atoms with Crippen molar-refractivity contribution in [2.45, 2.75) is 57.5 Å². The monoisotopic (exact) mass is 655 g/mol. The van der Waals surface area contributed by atoms with Crippen LogP contribution in [0.2, 0.25) is 0 Å². The van der Waals surface area contributed by atoms with E-state index in [0.717, 1.165) is 74.2 Å². The van der Waals surface area contributed by atoms with Gasteiger partial charge in [-0.05, 0) is 116 Å². The van der Waals surface area contributed by atoms with E-state index in [1.807, 2.05) is 13.0 Å². The first-order valence-corrected chi connectivity index (χ1v) is 15.1. The molecule has 10 heteroatoms. The Balaban J connectivity index is 1.31. The quantitative estimate of drug-likeness (QED) is 0.133. The Morgan fingerprint density at radius 3 is 1.89 bits per heavy atom. The van der Waals surface area contributed by atoms with Crippen molar-refractivity contribution in [2.75, 3.05) is 0 Å². The van der Waals surface area contributed by atoms with Crippen molar-refractivity contribution in [1.82, 2.24) is 0 Å². The number of nitriles is 1. The molecule has 4 aromatic rings. The molecule has 0 unspecified atom stereocenters. The molecule has 0 aromatic heterocycles. The third-order valence-electron chi connectivity index (χ3n) is 8.58. The smallest absolute Gasteiger partial charge is 0.429 e. The molecule has 0 saturated heterocycles. The van der Waals surface area contributed by atoms with Crippen molar-refractivity contribution >= 4 is 0 Å². The Labute approximate surface area is 266 Å². The SMILES string of the molecule is CC=CCCC1CCC(c2cc(F)c(C(F)(F)Oc3ccc(-c4ccc(-c5cc(F)c(C#N)c(F)c5)c(F)c4)c(F)c3)c(F)c2)CC1. The Morgan fingerprint density at radius 1 is 0.745 bits per heavy atom. The molecule has 0 heterocycles.